The summed E-state index contributed by atoms with van der Waals surface area (Å²) in [5.41, 5.74) is 10.6. The lowest BCUT2D eigenvalue weighted by atomic mass is 9.85. The molecule has 0 saturated heterocycles. The summed E-state index contributed by atoms with van der Waals surface area (Å²) in [5.74, 6) is 0. The number of allylic oxidation sites excluding steroid dienone is 3. The molecule has 208 valence electrons. The molecule has 9 rings (SSSR count). The van der Waals surface area contributed by atoms with Gasteiger partial charge in [0.05, 0.1) is 39.4 Å². The van der Waals surface area contributed by atoms with Crippen molar-refractivity contribution in [2.75, 3.05) is 6.54 Å². The van der Waals surface area contributed by atoms with Crippen molar-refractivity contribution in [1.29, 1.82) is 0 Å². The Balaban J connectivity index is 1.19. The van der Waals surface area contributed by atoms with Gasteiger partial charge in [-0.1, -0.05) is 78.9 Å². The minimum Gasteiger partial charge on any atom is -0.284 e. The molecule has 0 fully saturated rings. The van der Waals surface area contributed by atoms with Crippen molar-refractivity contribution < 1.29 is 0 Å². The third-order valence-corrected chi connectivity index (χ3v) is 8.87. The maximum absolute atomic E-state index is 5.29. The summed E-state index contributed by atoms with van der Waals surface area (Å²) in [5, 5.41) is 5.36. The maximum Gasteiger partial charge on any atom is 0.0970 e. The van der Waals surface area contributed by atoms with Crippen LogP contribution < -0.4 is 10.6 Å². The van der Waals surface area contributed by atoms with E-state index in [0.29, 0.717) is 0 Å². The van der Waals surface area contributed by atoms with E-state index in [9.17, 15) is 0 Å². The quantitative estimate of drug-likeness (QED) is 0.215. The number of hydrogen-bond donors (Lipinski definition) is 0. The molecule has 1 atom stereocenters. The van der Waals surface area contributed by atoms with Gasteiger partial charge in [0.2, 0.25) is 0 Å². The summed E-state index contributed by atoms with van der Waals surface area (Å²) >= 11 is 0. The third-order valence-electron chi connectivity index (χ3n) is 8.87. The van der Waals surface area contributed by atoms with Crippen molar-refractivity contribution in [3.63, 3.8) is 0 Å². The number of hydrogen-bond acceptors (Lipinski definition) is 5. The molecular formula is C39H27N5. The lowest BCUT2D eigenvalue weighted by Crippen LogP contribution is -2.39. The second-order valence-corrected chi connectivity index (χ2v) is 11.5. The van der Waals surface area contributed by atoms with Gasteiger partial charge in [-0.25, -0.2) is 4.98 Å². The molecule has 3 aromatic carbocycles. The summed E-state index contributed by atoms with van der Waals surface area (Å²) in [4.78, 5) is 24.7. The molecule has 44 heavy (non-hydrogen) atoms. The van der Waals surface area contributed by atoms with Crippen LogP contribution in [0.3, 0.4) is 0 Å². The number of nitrogens with zero attached hydrogens (tertiary/aromatic N) is 5. The summed E-state index contributed by atoms with van der Waals surface area (Å²) in [6.45, 7) is 0.823. The van der Waals surface area contributed by atoms with E-state index in [1.807, 2.05) is 24.5 Å². The highest BCUT2D eigenvalue weighted by Crippen LogP contribution is 2.34. The van der Waals surface area contributed by atoms with Crippen LogP contribution in [0.25, 0.3) is 60.7 Å². The lowest BCUT2D eigenvalue weighted by molar-refractivity contribution is 0.765. The minimum absolute atomic E-state index is 0.0809. The van der Waals surface area contributed by atoms with Crippen LogP contribution in [0.2, 0.25) is 0 Å². The average Bonchev–Trinajstić information content (AvgIpc) is 3.10. The number of rotatable bonds is 3. The highest BCUT2D eigenvalue weighted by atomic mass is 14.8. The highest BCUT2D eigenvalue weighted by molar-refractivity contribution is 6.29. The second-order valence-electron chi connectivity index (χ2n) is 11.5. The Morgan fingerprint density at radius 1 is 0.727 bits per heavy atom. The van der Waals surface area contributed by atoms with Crippen molar-refractivity contribution in [3.05, 3.63) is 138 Å². The number of aromatic nitrogens is 3. The van der Waals surface area contributed by atoms with Crippen molar-refractivity contribution in [2.24, 2.45) is 9.98 Å². The zero-order valence-corrected chi connectivity index (χ0v) is 24.0. The minimum atomic E-state index is 0.0809. The Morgan fingerprint density at radius 2 is 1.57 bits per heavy atom. The molecule has 0 spiro atoms. The molecule has 0 radical (unpaired) electrons. The smallest absolute Gasteiger partial charge is 0.0970 e. The van der Waals surface area contributed by atoms with Gasteiger partial charge in [-0.3, -0.25) is 20.0 Å². The molecule has 0 bridgehead atoms. The number of benzene rings is 3. The van der Waals surface area contributed by atoms with Crippen LogP contribution in [0, 0.1) is 0 Å². The Kier molecular flexibility index (Phi) is 5.69. The normalized spacial score (nSPS) is 17.3. The topological polar surface area (TPSA) is 63.4 Å². The van der Waals surface area contributed by atoms with E-state index in [-0.39, 0.29) is 6.04 Å². The van der Waals surface area contributed by atoms with Gasteiger partial charge < -0.3 is 0 Å². The van der Waals surface area contributed by atoms with Gasteiger partial charge in [0, 0.05) is 51.5 Å². The predicted molar refractivity (Wildman–Crippen MR) is 179 cm³/mol. The highest BCUT2D eigenvalue weighted by Gasteiger charge is 2.26. The summed E-state index contributed by atoms with van der Waals surface area (Å²) < 4.78 is 0. The molecule has 1 unspecified atom stereocenters. The maximum atomic E-state index is 5.29. The van der Waals surface area contributed by atoms with Gasteiger partial charge in [0.15, 0.2) is 0 Å². The van der Waals surface area contributed by atoms with Crippen molar-refractivity contribution in [2.45, 2.75) is 18.9 Å². The molecule has 3 aliphatic rings. The number of aliphatic imine (C=N–C) groups is 1. The summed E-state index contributed by atoms with van der Waals surface area (Å²) in [6, 6.07) is 27.8. The van der Waals surface area contributed by atoms with Crippen LogP contribution in [-0.4, -0.2) is 33.3 Å². The Bertz CT molecular complexity index is 2410. The third kappa shape index (κ3) is 3.97. The van der Waals surface area contributed by atoms with Crippen molar-refractivity contribution >= 4 is 44.0 Å². The molecule has 2 aliphatic heterocycles. The Labute approximate surface area is 254 Å². The van der Waals surface area contributed by atoms with Crippen LogP contribution in [0.4, 0.5) is 0 Å². The number of pyridine rings is 3. The second kappa shape index (κ2) is 10.0. The van der Waals surface area contributed by atoms with Crippen molar-refractivity contribution in [1.82, 2.24) is 15.0 Å². The zero-order chi connectivity index (χ0) is 29.0. The van der Waals surface area contributed by atoms with E-state index in [0.717, 1.165) is 90.8 Å². The summed E-state index contributed by atoms with van der Waals surface area (Å²) in [7, 11) is 0. The van der Waals surface area contributed by atoms with E-state index in [1.165, 1.54) is 11.1 Å². The molecule has 0 saturated carbocycles. The molecular weight excluding hydrogens is 538 g/mol. The molecule has 5 heterocycles. The van der Waals surface area contributed by atoms with Crippen LogP contribution in [0.5, 0.6) is 0 Å². The molecule has 0 amide bonds. The van der Waals surface area contributed by atoms with Gasteiger partial charge >= 0.3 is 0 Å². The van der Waals surface area contributed by atoms with Crippen LogP contribution >= 0.6 is 0 Å². The van der Waals surface area contributed by atoms with Crippen LogP contribution in [0.15, 0.2) is 137 Å². The van der Waals surface area contributed by atoms with Gasteiger partial charge in [-0.2, -0.15) is 0 Å². The monoisotopic (exact) mass is 565 g/mol. The largest absolute Gasteiger partial charge is 0.284 e. The van der Waals surface area contributed by atoms with E-state index >= 15 is 0 Å². The first-order valence-electron chi connectivity index (χ1n) is 15.2. The van der Waals surface area contributed by atoms with Crippen LogP contribution in [-0.2, 0) is 0 Å². The molecule has 5 nitrogen and oxygen atoms in total. The summed E-state index contributed by atoms with van der Waals surface area (Å²) in [6.07, 6.45) is 16.5. The van der Waals surface area contributed by atoms with E-state index in [4.69, 9.17) is 15.0 Å². The fraction of sp³-hybridized carbons (Fsp3) is 0.103. The Morgan fingerprint density at radius 3 is 2.45 bits per heavy atom. The fourth-order valence-corrected chi connectivity index (χ4v) is 6.76. The Hall–Kier alpha value is -5.55. The molecule has 6 aromatic rings. The standard InChI is InChI=1S/C39H27N5/c1-2-10-33-29(8-1)35(34-11-3-4-20-40-34)30-18-16-26-17-19-32(43-37(26)39(30)44-33)25-14-12-24(13-15-25)31-23-27-7-5-21-41-36(27)38-28(31)9-6-22-42-38/h1-3,5-9,11-19,21-23,33H,4,10,20H2. The van der Waals surface area contributed by atoms with E-state index in [2.05, 4.69) is 107 Å². The molecule has 5 heteroatoms. The molecule has 3 aromatic heterocycles. The van der Waals surface area contributed by atoms with E-state index < -0.39 is 0 Å². The predicted octanol–water partition coefficient (Wildman–Crippen LogP) is 7.10. The molecule has 1 aliphatic carbocycles. The number of fused-ring (bicyclic) bond motifs is 7. The van der Waals surface area contributed by atoms with Gasteiger partial charge in [-0.15, -0.1) is 0 Å². The SMILES string of the molecule is C1=CCC2N=c3c(ccc4ccc(-c5ccc(-c6cc7cccnc7c7ncccc67)cc5)nc34)=C(C3=NCCC=C3)C2=C1. The first-order valence-corrected chi connectivity index (χ1v) is 15.2. The molecule has 0 N–H and O–H groups in total. The first kappa shape index (κ1) is 25.0. The van der Waals surface area contributed by atoms with Gasteiger partial charge in [-0.05, 0) is 59.9 Å². The lowest BCUT2D eigenvalue weighted by Gasteiger charge is -2.25. The number of dihydropyridines is 1. The first-order chi connectivity index (χ1) is 21.8. The average molecular weight is 566 g/mol. The van der Waals surface area contributed by atoms with Crippen molar-refractivity contribution in [3.8, 4) is 22.4 Å². The zero-order valence-electron chi connectivity index (χ0n) is 24.0. The van der Waals surface area contributed by atoms with Gasteiger partial charge in [0.25, 0.3) is 0 Å². The van der Waals surface area contributed by atoms with Crippen LogP contribution in [0.1, 0.15) is 12.8 Å². The van der Waals surface area contributed by atoms with E-state index in [1.54, 1.807) is 0 Å². The van der Waals surface area contributed by atoms with Gasteiger partial charge in [0.1, 0.15) is 0 Å². The fourth-order valence-electron chi connectivity index (χ4n) is 6.76.